The molecule has 10 heteroatoms. The molecule has 1 N–H and O–H groups in total. The van der Waals surface area contributed by atoms with Crippen LogP contribution in [0.25, 0.3) is 0 Å². The van der Waals surface area contributed by atoms with Gasteiger partial charge in [-0.05, 0) is 30.5 Å². The molecule has 1 aromatic heterocycles. The lowest BCUT2D eigenvalue weighted by molar-refractivity contribution is -0.137. The standard InChI is InChI=1S/C18H19F3N4O2S/c19-18(20,21)14-8-4-5-12(9-14)10-22-25-16(13-6-2-1-3-7-13)23-24-17(25)28-11-15(26)27/h4-5,8-10,13H,1-3,6-7,11H2,(H,26,27)/b22-10-. The number of alkyl halides is 3. The molecule has 6 nitrogen and oxygen atoms in total. The Morgan fingerprint density at radius 1 is 1.29 bits per heavy atom. The van der Waals surface area contributed by atoms with Gasteiger partial charge in [-0.1, -0.05) is 43.2 Å². The van der Waals surface area contributed by atoms with E-state index in [1.807, 2.05) is 0 Å². The van der Waals surface area contributed by atoms with Crippen molar-refractivity contribution in [3.05, 3.63) is 41.2 Å². The van der Waals surface area contributed by atoms with Crippen LogP contribution >= 0.6 is 11.8 Å². The van der Waals surface area contributed by atoms with Crippen LogP contribution in [0.2, 0.25) is 0 Å². The molecule has 0 bridgehead atoms. The molecule has 3 rings (SSSR count). The number of hydrogen-bond donors (Lipinski definition) is 1. The fourth-order valence-electron chi connectivity index (χ4n) is 3.14. The summed E-state index contributed by atoms with van der Waals surface area (Å²) in [6.45, 7) is 0. The Morgan fingerprint density at radius 2 is 2.04 bits per heavy atom. The molecule has 0 spiro atoms. The first kappa shape index (κ1) is 20.4. The Morgan fingerprint density at radius 3 is 2.71 bits per heavy atom. The van der Waals surface area contributed by atoms with E-state index in [-0.39, 0.29) is 17.2 Å². The van der Waals surface area contributed by atoms with Crippen LogP contribution < -0.4 is 0 Å². The van der Waals surface area contributed by atoms with Gasteiger partial charge in [0.05, 0.1) is 17.5 Å². The normalized spacial score (nSPS) is 16.0. The summed E-state index contributed by atoms with van der Waals surface area (Å²) in [5, 5.41) is 21.8. The zero-order chi connectivity index (χ0) is 20.1. The topological polar surface area (TPSA) is 80.4 Å². The van der Waals surface area contributed by atoms with Crippen molar-refractivity contribution < 1.29 is 23.1 Å². The summed E-state index contributed by atoms with van der Waals surface area (Å²) in [7, 11) is 0. The predicted octanol–water partition coefficient (Wildman–Crippen LogP) is 4.40. The maximum absolute atomic E-state index is 12.9. The van der Waals surface area contributed by atoms with Crippen LogP contribution in [0, 0.1) is 0 Å². The molecule has 1 saturated carbocycles. The zero-order valence-corrected chi connectivity index (χ0v) is 15.7. The number of carbonyl (C=O) groups is 1. The molecule has 0 unspecified atom stereocenters. The fourth-order valence-corrected chi connectivity index (χ4v) is 3.75. The summed E-state index contributed by atoms with van der Waals surface area (Å²) in [4.78, 5) is 10.9. The van der Waals surface area contributed by atoms with E-state index in [1.165, 1.54) is 23.0 Å². The molecule has 150 valence electrons. The van der Waals surface area contributed by atoms with Crippen LogP contribution in [0.3, 0.4) is 0 Å². The van der Waals surface area contributed by atoms with E-state index in [4.69, 9.17) is 5.11 Å². The number of carboxylic acids is 1. The monoisotopic (exact) mass is 412 g/mol. The summed E-state index contributed by atoms with van der Waals surface area (Å²) in [6.07, 6.45) is 2.02. The molecular weight excluding hydrogens is 393 g/mol. The van der Waals surface area contributed by atoms with Gasteiger partial charge in [0.2, 0.25) is 5.16 Å². The second kappa shape index (κ2) is 8.76. The van der Waals surface area contributed by atoms with E-state index >= 15 is 0 Å². The van der Waals surface area contributed by atoms with Crippen molar-refractivity contribution in [3.8, 4) is 0 Å². The van der Waals surface area contributed by atoms with Crippen LogP contribution in [0.15, 0.2) is 34.5 Å². The number of aromatic nitrogens is 3. The molecule has 1 fully saturated rings. The lowest BCUT2D eigenvalue weighted by atomic mass is 9.89. The molecule has 1 heterocycles. The quantitative estimate of drug-likeness (QED) is 0.562. The molecule has 0 radical (unpaired) electrons. The van der Waals surface area contributed by atoms with Crippen molar-refractivity contribution in [2.45, 2.75) is 49.4 Å². The van der Waals surface area contributed by atoms with Crippen molar-refractivity contribution in [2.24, 2.45) is 5.10 Å². The average molecular weight is 412 g/mol. The van der Waals surface area contributed by atoms with Gasteiger partial charge in [-0.2, -0.15) is 22.9 Å². The molecule has 0 atom stereocenters. The molecule has 2 aromatic rings. The Kier molecular flexibility index (Phi) is 6.38. The van der Waals surface area contributed by atoms with E-state index in [0.717, 1.165) is 56.0 Å². The third kappa shape index (κ3) is 5.12. The third-order valence-electron chi connectivity index (χ3n) is 4.47. The van der Waals surface area contributed by atoms with Gasteiger partial charge in [-0.3, -0.25) is 4.79 Å². The minimum absolute atomic E-state index is 0.152. The van der Waals surface area contributed by atoms with E-state index < -0.39 is 17.7 Å². The SMILES string of the molecule is O=C(O)CSc1nnc(C2CCCCC2)n1/N=C\c1cccc(C(F)(F)F)c1. The van der Waals surface area contributed by atoms with Crippen LogP contribution in [0.4, 0.5) is 13.2 Å². The number of aliphatic carboxylic acids is 1. The first-order valence-corrected chi connectivity index (χ1v) is 9.84. The molecule has 1 aromatic carbocycles. The van der Waals surface area contributed by atoms with Crippen molar-refractivity contribution in [1.29, 1.82) is 0 Å². The van der Waals surface area contributed by atoms with E-state index in [9.17, 15) is 18.0 Å². The predicted molar refractivity (Wildman–Crippen MR) is 98.6 cm³/mol. The number of thioether (sulfide) groups is 1. The fraction of sp³-hybridized carbons (Fsp3) is 0.444. The number of hydrogen-bond acceptors (Lipinski definition) is 5. The molecule has 0 aliphatic heterocycles. The maximum Gasteiger partial charge on any atom is 0.416 e. The minimum Gasteiger partial charge on any atom is -0.481 e. The van der Waals surface area contributed by atoms with Crippen molar-refractivity contribution in [3.63, 3.8) is 0 Å². The average Bonchev–Trinajstić information content (AvgIpc) is 3.08. The Labute approximate surface area is 163 Å². The van der Waals surface area contributed by atoms with Gasteiger partial charge in [-0.25, -0.2) is 0 Å². The number of carboxylic acid groups (broad SMARTS) is 1. The van der Waals surface area contributed by atoms with Crippen LogP contribution in [-0.2, 0) is 11.0 Å². The molecule has 1 aliphatic carbocycles. The Balaban J connectivity index is 1.90. The van der Waals surface area contributed by atoms with Gasteiger partial charge < -0.3 is 5.11 Å². The van der Waals surface area contributed by atoms with Crippen LogP contribution in [0.1, 0.15) is 55.0 Å². The Bertz CT molecular complexity index is 861. The third-order valence-corrected chi connectivity index (χ3v) is 5.37. The van der Waals surface area contributed by atoms with E-state index in [0.29, 0.717) is 11.0 Å². The highest BCUT2D eigenvalue weighted by Gasteiger charge is 2.30. The summed E-state index contributed by atoms with van der Waals surface area (Å²) in [5.74, 6) is -0.433. The second-order valence-corrected chi connectivity index (χ2v) is 7.48. The lowest BCUT2D eigenvalue weighted by Gasteiger charge is -2.20. The largest absolute Gasteiger partial charge is 0.481 e. The van der Waals surface area contributed by atoms with Crippen LogP contribution in [0.5, 0.6) is 0 Å². The first-order valence-electron chi connectivity index (χ1n) is 8.86. The molecular formula is C18H19F3N4O2S. The summed E-state index contributed by atoms with van der Waals surface area (Å²) >= 11 is 0.979. The highest BCUT2D eigenvalue weighted by Crippen LogP contribution is 2.33. The van der Waals surface area contributed by atoms with Gasteiger partial charge in [-0.15, -0.1) is 10.2 Å². The molecule has 28 heavy (non-hydrogen) atoms. The van der Waals surface area contributed by atoms with Gasteiger partial charge >= 0.3 is 12.1 Å². The van der Waals surface area contributed by atoms with Gasteiger partial charge in [0.1, 0.15) is 0 Å². The summed E-state index contributed by atoms with van der Waals surface area (Å²) in [6, 6.07) is 4.85. The van der Waals surface area contributed by atoms with E-state index in [2.05, 4.69) is 15.3 Å². The molecule has 0 saturated heterocycles. The summed E-state index contributed by atoms with van der Waals surface area (Å²) < 4.78 is 40.2. The van der Waals surface area contributed by atoms with Crippen molar-refractivity contribution in [2.75, 3.05) is 5.75 Å². The minimum atomic E-state index is -4.43. The van der Waals surface area contributed by atoms with Gasteiger partial charge in [0.25, 0.3) is 0 Å². The first-order chi connectivity index (χ1) is 13.3. The van der Waals surface area contributed by atoms with Crippen molar-refractivity contribution in [1.82, 2.24) is 14.9 Å². The molecule has 0 amide bonds. The number of nitrogens with zero attached hydrogens (tertiary/aromatic N) is 4. The number of rotatable bonds is 6. The van der Waals surface area contributed by atoms with E-state index in [1.54, 1.807) is 0 Å². The lowest BCUT2D eigenvalue weighted by Crippen LogP contribution is -2.11. The summed E-state index contributed by atoms with van der Waals surface area (Å²) in [5.41, 5.74) is -0.472. The van der Waals surface area contributed by atoms with Crippen LogP contribution in [-0.4, -0.2) is 37.9 Å². The highest BCUT2D eigenvalue weighted by molar-refractivity contribution is 7.99. The maximum atomic E-state index is 12.9. The van der Waals surface area contributed by atoms with Gasteiger partial charge in [0.15, 0.2) is 5.82 Å². The smallest absolute Gasteiger partial charge is 0.416 e. The molecule has 1 aliphatic rings. The van der Waals surface area contributed by atoms with Gasteiger partial charge in [0, 0.05) is 5.92 Å². The highest BCUT2D eigenvalue weighted by atomic mass is 32.2. The number of benzene rings is 1. The number of halogens is 3. The zero-order valence-electron chi connectivity index (χ0n) is 14.9. The second-order valence-electron chi connectivity index (χ2n) is 6.54. The Hall–Kier alpha value is -2.36. The van der Waals surface area contributed by atoms with Crippen molar-refractivity contribution >= 4 is 23.9 Å².